The summed E-state index contributed by atoms with van der Waals surface area (Å²) in [5.41, 5.74) is 6.32. The quantitative estimate of drug-likeness (QED) is 0.653. The van der Waals surface area contributed by atoms with E-state index in [0.29, 0.717) is 0 Å². The summed E-state index contributed by atoms with van der Waals surface area (Å²) in [5, 5.41) is 0. The zero-order valence-corrected chi connectivity index (χ0v) is 9.47. The van der Waals surface area contributed by atoms with Crippen LogP contribution in [0.25, 0.3) is 0 Å². The lowest BCUT2D eigenvalue weighted by Crippen LogP contribution is -2.53. The summed E-state index contributed by atoms with van der Waals surface area (Å²) in [6.07, 6.45) is 10.9. The third-order valence-corrected chi connectivity index (χ3v) is 4.00. The average Bonchev–Trinajstić information content (AvgIpc) is 2.41. The highest BCUT2D eigenvalue weighted by Crippen LogP contribution is 2.31. The minimum atomic E-state index is -0.00495. The minimum Gasteiger partial charge on any atom is -0.313 e. The third kappa shape index (κ3) is 2.12. The largest absolute Gasteiger partial charge is 0.313 e. The molecule has 0 amide bonds. The predicted octanol–water partition coefficient (Wildman–Crippen LogP) is 2.48. The molecule has 1 aliphatic carbocycles. The Bertz CT molecular complexity index is 181. The van der Waals surface area contributed by atoms with Gasteiger partial charge in [0, 0.05) is 12.6 Å². The van der Waals surface area contributed by atoms with E-state index in [-0.39, 0.29) is 5.66 Å². The number of rotatable bonds is 1. The summed E-state index contributed by atoms with van der Waals surface area (Å²) in [6, 6.07) is 0.787. The molecule has 2 heteroatoms. The molecule has 1 unspecified atom stereocenters. The van der Waals surface area contributed by atoms with Crippen molar-refractivity contribution in [3.63, 3.8) is 0 Å². The molecule has 0 aromatic carbocycles. The van der Waals surface area contributed by atoms with Crippen LogP contribution in [0.3, 0.4) is 0 Å². The molecule has 2 rings (SSSR count). The Kier molecular flexibility index (Phi) is 3.13. The highest BCUT2D eigenvalue weighted by atomic mass is 15.3. The highest BCUT2D eigenvalue weighted by molar-refractivity contribution is 4.91. The molecule has 1 atom stereocenters. The fourth-order valence-corrected chi connectivity index (χ4v) is 3.18. The summed E-state index contributed by atoms with van der Waals surface area (Å²) in [6.45, 7) is 3.45. The number of hydrogen-bond acceptors (Lipinski definition) is 2. The Morgan fingerprint density at radius 1 is 1.07 bits per heavy atom. The van der Waals surface area contributed by atoms with Gasteiger partial charge in [-0.15, -0.1) is 0 Å². The molecule has 1 saturated heterocycles. The van der Waals surface area contributed by atoms with Crippen molar-refractivity contribution in [3.8, 4) is 0 Å². The minimum absolute atomic E-state index is 0.00495. The topological polar surface area (TPSA) is 29.3 Å². The van der Waals surface area contributed by atoms with Gasteiger partial charge in [0.25, 0.3) is 0 Å². The van der Waals surface area contributed by atoms with E-state index >= 15 is 0 Å². The SMILES string of the molecule is CC1(N)CCCN1C1CCCCCC1. The maximum Gasteiger partial charge on any atom is 0.0661 e. The van der Waals surface area contributed by atoms with Gasteiger partial charge in [0.05, 0.1) is 5.66 Å². The maximum absolute atomic E-state index is 6.33. The fourth-order valence-electron chi connectivity index (χ4n) is 3.18. The smallest absolute Gasteiger partial charge is 0.0661 e. The Morgan fingerprint density at radius 3 is 2.21 bits per heavy atom. The summed E-state index contributed by atoms with van der Waals surface area (Å²) in [4.78, 5) is 2.58. The molecule has 0 aromatic heterocycles. The van der Waals surface area contributed by atoms with Crippen LogP contribution in [0.1, 0.15) is 58.3 Å². The fraction of sp³-hybridized carbons (Fsp3) is 1.00. The van der Waals surface area contributed by atoms with Gasteiger partial charge in [-0.3, -0.25) is 4.90 Å². The van der Waals surface area contributed by atoms with E-state index in [1.165, 1.54) is 57.9 Å². The van der Waals surface area contributed by atoms with Gasteiger partial charge in [0.2, 0.25) is 0 Å². The summed E-state index contributed by atoms with van der Waals surface area (Å²) in [7, 11) is 0. The van der Waals surface area contributed by atoms with Crippen molar-refractivity contribution in [1.29, 1.82) is 0 Å². The van der Waals surface area contributed by atoms with Gasteiger partial charge in [-0.05, 0) is 32.6 Å². The molecular formula is C12H24N2. The zero-order chi connectivity index (χ0) is 10.0. The molecular weight excluding hydrogens is 172 g/mol. The Hall–Kier alpha value is -0.0800. The molecule has 1 aliphatic heterocycles. The van der Waals surface area contributed by atoms with Crippen LogP contribution in [-0.4, -0.2) is 23.1 Å². The molecule has 0 aromatic rings. The Balaban J connectivity index is 1.98. The first-order valence-corrected chi connectivity index (χ1v) is 6.26. The van der Waals surface area contributed by atoms with E-state index in [2.05, 4.69) is 11.8 Å². The molecule has 1 heterocycles. The molecule has 82 valence electrons. The first-order chi connectivity index (χ1) is 6.70. The van der Waals surface area contributed by atoms with Crippen LogP contribution in [-0.2, 0) is 0 Å². The van der Waals surface area contributed by atoms with Gasteiger partial charge in [-0.1, -0.05) is 25.7 Å². The van der Waals surface area contributed by atoms with Crippen molar-refractivity contribution in [2.75, 3.05) is 6.54 Å². The van der Waals surface area contributed by atoms with Crippen LogP contribution < -0.4 is 5.73 Å². The zero-order valence-electron chi connectivity index (χ0n) is 9.47. The van der Waals surface area contributed by atoms with E-state index in [4.69, 9.17) is 5.73 Å². The van der Waals surface area contributed by atoms with Crippen LogP contribution in [0.15, 0.2) is 0 Å². The second-order valence-electron chi connectivity index (χ2n) is 5.30. The van der Waals surface area contributed by atoms with Crippen molar-refractivity contribution < 1.29 is 0 Å². The van der Waals surface area contributed by atoms with E-state index in [0.717, 1.165) is 6.04 Å². The molecule has 2 nitrogen and oxygen atoms in total. The van der Waals surface area contributed by atoms with Crippen LogP contribution >= 0.6 is 0 Å². The van der Waals surface area contributed by atoms with Crippen LogP contribution in [0, 0.1) is 0 Å². The molecule has 2 fully saturated rings. The van der Waals surface area contributed by atoms with Crippen molar-refractivity contribution in [2.24, 2.45) is 5.73 Å². The monoisotopic (exact) mass is 196 g/mol. The van der Waals surface area contributed by atoms with E-state index in [1.807, 2.05) is 0 Å². The summed E-state index contributed by atoms with van der Waals surface area (Å²) < 4.78 is 0. The lowest BCUT2D eigenvalue weighted by Gasteiger charge is -2.37. The molecule has 14 heavy (non-hydrogen) atoms. The third-order valence-electron chi connectivity index (χ3n) is 4.00. The summed E-state index contributed by atoms with van der Waals surface area (Å²) >= 11 is 0. The Morgan fingerprint density at radius 2 is 1.71 bits per heavy atom. The van der Waals surface area contributed by atoms with Gasteiger partial charge in [0.15, 0.2) is 0 Å². The van der Waals surface area contributed by atoms with Crippen LogP contribution in [0.5, 0.6) is 0 Å². The van der Waals surface area contributed by atoms with Crippen LogP contribution in [0.2, 0.25) is 0 Å². The first-order valence-electron chi connectivity index (χ1n) is 6.26. The molecule has 2 N–H and O–H groups in total. The van der Waals surface area contributed by atoms with Gasteiger partial charge >= 0.3 is 0 Å². The standard InChI is InChI=1S/C12H24N2/c1-12(13)9-6-10-14(12)11-7-4-2-3-5-8-11/h11H,2-10,13H2,1H3. The van der Waals surface area contributed by atoms with Gasteiger partial charge in [-0.25, -0.2) is 0 Å². The number of nitrogens with zero attached hydrogens (tertiary/aromatic N) is 1. The molecule has 0 bridgehead atoms. The van der Waals surface area contributed by atoms with E-state index in [9.17, 15) is 0 Å². The Labute approximate surface area is 87.8 Å². The van der Waals surface area contributed by atoms with Gasteiger partial charge in [-0.2, -0.15) is 0 Å². The molecule has 0 spiro atoms. The van der Waals surface area contributed by atoms with Gasteiger partial charge in [0.1, 0.15) is 0 Å². The van der Waals surface area contributed by atoms with Gasteiger partial charge < -0.3 is 5.73 Å². The maximum atomic E-state index is 6.33. The molecule has 0 radical (unpaired) electrons. The molecule has 1 saturated carbocycles. The van der Waals surface area contributed by atoms with Crippen molar-refractivity contribution in [3.05, 3.63) is 0 Å². The van der Waals surface area contributed by atoms with Crippen molar-refractivity contribution >= 4 is 0 Å². The second-order valence-corrected chi connectivity index (χ2v) is 5.30. The van der Waals surface area contributed by atoms with Crippen molar-refractivity contribution in [2.45, 2.75) is 70.0 Å². The number of hydrogen-bond donors (Lipinski definition) is 1. The predicted molar refractivity (Wildman–Crippen MR) is 60.0 cm³/mol. The first kappa shape index (κ1) is 10.4. The second kappa shape index (κ2) is 4.19. The average molecular weight is 196 g/mol. The normalized spacial score (nSPS) is 37.3. The number of nitrogens with two attached hydrogens (primary N) is 1. The van der Waals surface area contributed by atoms with Crippen molar-refractivity contribution in [1.82, 2.24) is 4.90 Å². The van der Waals surface area contributed by atoms with E-state index < -0.39 is 0 Å². The lowest BCUT2D eigenvalue weighted by atomic mass is 10.0. The highest BCUT2D eigenvalue weighted by Gasteiger charge is 2.36. The molecule has 2 aliphatic rings. The van der Waals surface area contributed by atoms with Crippen LogP contribution in [0.4, 0.5) is 0 Å². The number of likely N-dealkylation sites (tertiary alicyclic amines) is 1. The summed E-state index contributed by atoms with van der Waals surface area (Å²) in [5.74, 6) is 0. The lowest BCUT2D eigenvalue weighted by molar-refractivity contribution is 0.0951. The van der Waals surface area contributed by atoms with E-state index in [1.54, 1.807) is 0 Å².